The molecule has 3 aliphatic heterocycles. The second-order valence-electron chi connectivity index (χ2n) is 9.21. The molecule has 2 aromatic heterocycles. The Morgan fingerprint density at radius 2 is 2.24 bits per heavy atom. The molecule has 33 heavy (non-hydrogen) atoms. The molecule has 0 bridgehead atoms. The van der Waals surface area contributed by atoms with Crippen molar-refractivity contribution in [2.75, 3.05) is 36.9 Å². The van der Waals surface area contributed by atoms with Crippen LogP contribution in [-0.2, 0) is 6.42 Å². The van der Waals surface area contributed by atoms with Crippen LogP contribution in [0, 0.1) is 18.7 Å². The monoisotopic (exact) mass is 467 g/mol. The zero-order valence-electron chi connectivity index (χ0n) is 18.4. The number of carbonyl (C=O) groups excluding carboxylic acids is 1. The maximum atomic E-state index is 15.1. The summed E-state index contributed by atoms with van der Waals surface area (Å²) in [5, 5.41) is 7.19. The molecule has 9 heteroatoms. The van der Waals surface area contributed by atoms with E-state index in [2.05, 4.69) is 20.5 Å². The number of halogens is 1. The molecular weight excluding hydrogens is 441 g/mol. The van der Waals surface area contributed by atoms with Gasteiger partial charge in [0.1, 0.15) is 27.9 Å². The summed E-state index contributed by atoms with van der Waals surface area (Å²) in [6.45, 7) is 5.11. The van der Waals surface area contributed by atoms with Crippen LogP contribution in [0.25, 0.3) is 10.2 Å². The van der Waals surface area contributed by atoms with E-state index in [1.54, 1.807) is 6.07 Å². The van der Waals surface area contributed by atoms with Gasteiger partial charge in [0.15, 0.2) is 0 Å². The predicted octanol–water partition coefficient (Wildman–Crippen LogP) is 2.86. The Balaban J connectivity index is 1.20. The minimum absolute atomic E-state index is 0.279. The molecule has 5 heterocycles. The Morgan fingerprint density at radius 3 is 3.12 bits per heavy atom. The Kier molecular flexibility index (Phi) is 4.92. The largest absolute Gasteiger partial charge is 0.491 e. The number of carbonyl (C=O) groups is 1. The number of pyridine rings is 1. The second-order valence-corrected chi connectivity index (χ2v) is 10.2. The van der Waals surface area contributed by atoms with Crippen molar-refractivity contribution in [3.63, 3.8) is 0 Å². The lowest BCUT2D eigenvalue weighted by Crippen LogP contribution is -2.43. The summed E-state index contributed by atoms with van der Waals surface area (Å²) in [6.07, 6.45) is 1.50. The highest BCUT2D eigenvalue weighted by molar-refractivity contribution is 7.21. The lowest BCUT2D eigenvalue weighted by molar-refractivity contribution is 0.0919. The van der Waals surface area contributed by atoms with Gasteiger partial charge in [0.2, 0.25) is 0 Å². The molecule has 4 N–H and O–H groups in total. The van der Waals surface area contributed by atoms with Crippen LogP contribution in [-0.4, -0.2) is 49.2 Å². The van der Waals surface area contributed by atoms with Crippen LogP contribution in [0.15, 0.2) is 24.3 Å². The van der Waals surface area contributed by atoms with E-state index in [1.165, 1.54) is 11.3 Å². The van der Waals surface area contributed by atoms with Crippen molar-refractivity contribution in [3.05, 3.63) is 46.2 Å². The predicted molar refractivity (Wildman–Crippen MR) is 128 cm³/mol. The van der Waals surface area contributed by atoms with Gasteiger partial charge in [-0.15, -0.1) is 11.3 Å². The third-order valence-electron chi connectivity index (χ3n) is 7.08. The number of rotatable bonds is 3. The number of nitrogens with one attached hydrogen (secondary N) is 2. The quantitative estimate of drug-likeness (QED) is 0.549. The van der Waals surface area contributed by atoms with Crippen LogP contribution >= 0.6 is 11.3 Å². The Morgan fingerprint density at radius 1 is 1.36 bits per heavy atom. The maximum Gasteiger partial charge on any atom is 0.263 e. The van der Waals surface area contributed by atoms with Gasteiger partial charge < -0.3 is 26.0 Å². The number of hydrogen-bond acceptors (Lipinski definition) is 7. The highest BCUT2D eigenvalue weighted by atomic mass is 32.1. The fourth-order valence-electron chi connectivity index (χ4n) is 5.36. The van der Waals surface area contributed by atoms with Gasteiger partial charge in [-0.05, 0) is 37.5 Å². The van der Waals surface area contributed by atoms with Crippen molar-refractivity contribution in [2.24, 2.45) is 5.92 Å². The molecule has 1 amide bonds. The molecule has 3 aliphatic rings. The molecule has 2 fully saturated rings. The van der Waals surface area contributed by atoms with Crippen LogP contribution in [0.2, 0.25) is 0 Å². The standard InChI is InChI=1S/C24H26FN5O2S/c1-12-2-3-16-21(26)22(33-24(16)28-12)23(31)29-14-6-17-18(25)7-15(8-20(17)32-11-14)30-5-4-13-9-27-10-19(13)30/h2-3,7-8,13-14,19,27H,4-6,9-11,26H2,1H3,(H,29,31)/t13-,14+,19+/m0/s1. The van der Waals surface area contributed by atoms with E-state index in [0.717, 1.165) is 47.7 Å². The molecule has 3 aromatic rings. The average molecular weight is 468 g/mol. The Labute approximate surface area is 195 Å². The van der Waals surface area contributed by atoms with Crippen LogP contribution < -0.4 is 26.0 Å². The zero-order valence-corrected chi connectivity index (χ0v) is 19.2. The number of hydrogen-bond donors (Lipinski definition) is 3. The first kappa shape index (κ1) is 20.7. The molecular formula is C24H26FN5O2S. The van der Waals surface area contributed by atoms with Gasteiger partial charge >= 0.3 is 0 Å². The molecule has 0 aliphatic carbocycles. The van der Waals surface area contributed by atoms with Gasteiger partial charge in [-0.2, -0.15) is 0 Å². The van der Waals surface area contributed by atoms with Crippen LogP contribution in [0.5, 0.6) is 5.75 Å². The van der Waals surface area contributed by atoms with E-state index in [9.17, 15) is 4.79 Å². The SMILES string of the molecule is Cc1ccc2c(N)c(C(=O)N[C@H]3COc4cc(N5CC[C@H]6CNC[C@H]65)cc(F)c4C3)sc2n1. The summed E-state index contributed by atoms with van der Waals surface area (Å²) in [5.41, 5.74) is 8.91. The summed E-state index contributed by atoms with van der Waals surface area (Å²) in [7, 11) is 0. The number of benzene rings is 1. The topological polar surface area (TPSA) is 92.5 Å². The fourth-order valence-corrected chi connectivity index (χ4v) is 6.40. The van der Waals surface area contributed by atoms with Crippen molar-refractivity contribution in [2.45, 2.75) is 31.8 Å². The van der Waals surface area contributed by atoms with Crippen LogP contribution in [0.3, 0.4) is 0 Å². The molecule has 6 rings (SSSR count). The summed E-state index contributed by atoms with van der Waals surface area (Å²) < 4.78 is 21.1. The number of nitrogen functional groups attached to an aromatic ring is 1. The minimum atomic E-state index is -0.333. The van der Waals surface area contributed by atoms with Gasteiger partial charge in [0.25, 0.3) is 5.91 Å². The Bertz CT molecular complexity index is 1260. The molecule has 2 saturated heterocycles. The van der Waals surface area contributed by atoms with Gasteiger partial charge in [0.05, 0.1) is 11.7 Å². The number of nitrogens with zero attached hydrogens (tertiary/aromatic N) is 2. The zero-order chi connectivity index (χ0) is 22.7. The Hall–Kier alpha value is -2.91. The maximum absolute atomic E-state index is 15.1. The summed E-state index contributed by atoms with van der Waals surface area (Å²) in [5.74, 6) is 0.645. The molecule has 3 atom stereocenters. The molecule has 0 spiro atoms. The average Bonchev–Trinajstić information content (AvgIpc) is 3.49. The van der Waals surface area contributed by atoms with E-state index in [-0.39, 0.29) is 24.4 Å². The summed E-state index contributed by atoms with van der Waals surface area (Å²) in [6, 6.07) is 7.42. The molecule has 0 unspecified atom stereocenters. The van der Waals surface area contributed by atoms with Gasteiger partial charge in [-0.25, -0.2) is 9.37 Å². The smallest absolute Gasteiger partial charge is 0.263 e. The van der Waals surface area contributed by atoms with Crippen molar-refractivity contribution in [1.29, 1.82) is 0 Å². The minimum Gasteiger partial charge on any atom is -0.491 e. The molecule has 7 nitrogen and oxygen atoms in total. The van der Waals surface area contributed by atoms with Crippen LogP contribution in [0.4, 0.5) is 15.8 Å². The third kappa shape index (κ3) is 3.50. The van der Waals surface area contributed by atoms with Gasteiger partial charge in [0, 0.05) is 60.5 Å². The highest BCUT2D eigenvalue weighted by Gasteiger charge is 2.38. The second kappa shape index (κ2) is 7.85. The highest BCUT2D eigenvalue weighted by Crippen LogP contribution is 2.38. The number of amides is 1. The van der Waals surface area contributed by atoms with Crippen molar-refractivity contribution >= 4 is 38.8 Å². The molecule has 1 aromatic carbocycles. The number of aromatic nitrogens is 1. The first-order valence-electron chi connectivity index (χ1n) is 11.4. The van der Waals surface area contributed by atoms with Crippen molar-refractivity contribution < 1.29 is 13.9 Å². The van der Waals surface area contributed by atoms with Gasteiger partial charge in [-0.3, -0.25) is 4.79 Å². The van der Waals surface area contributed by atoms with Crippen molar-refractivity contribution in [3.8, 4) is 5.75 Å². The number of thiophene rings is 1. The lowest BCUT2D eigenvalue weighted by atomic mass is 10.0. The molecule has 0 saturated carbocycles. The molecule has 172 valence electrons. The first-order valence-corrected chi connectivity index (χ1v) is 12.2. The van der Waals surface area contributed by atoms with E-state index in [0.29, 0.717) is 40.3 Å². The third-order valence-corrected chi connectivity index (χ3v) is 8.20. The lowest BCUT2D eigenvalue weighted by Gasteiger charge is -2.30. The molecule has 0 radical (unpaired) electrons. The van der Waals surface area contributed by atoms with Gasteiger partial charge in [-0.1, -0.05) is 0 Å². The van der Waals surface area contributed by atoms with E-state index in [1.807, 2.05) is 25.1 Å². The fraction of sp³-hybridized carbons (Fsp3) is 0.417. The van der Waals surface area contributed by atoms with E-state index < -0.39 is 0 Å². The number of anilines is 2. The summed E-state index contributed by atoms with van der Waals surface area (Å²) in [4.78, 5) is 20.9. The number of ether oxygens (including phenoxy) is 1. The normalized spacial score (nSPS) is 23.9. The first-order chi connectivity index (χ1) is 16.0. The number of nitrogens with two attached hydrogens (primary N) is 1. The number of fused-ring (bicyclic) bond motifs is 3. The van der Waals surface area contributed by atoms with Crippen molar-refractivity contribution in [1.82, 2.24) is 15.6 Å². The van der Waals surface area contributed by atoms with E-state index >= 15 is 4.39 Å². The summed E-state index contributed by atoms with van der Waals surface area (Å²) >= 11 is 1.27. The van der Waals surface area contributed by atoms with Crippen LogP contribution in [0.1, 0.15) is 27.3 Å². The number of aryl methyl sites for hydroxylation is 1. The van der Waals surface area contributed by atoms with E-state index in [4.69, 9.17) is 10.5 Å².